The van der Waals surface area contributed by atoms with Crippen LogP contribution in [0.5, 0.6) is 11.5 Å². The Morgan fingerprint density at radius 2 is 0.949 bits per heavy atom. The van der Waals surface area contributed by atoms with Gasteiger partial charge in [-0.05, 0) is 74.5 Å². The van der Waals surface area contributed by atoms with E-state index in [4.69, 9.17) is 0 Å². The highest BCUT2D eigenvalue weighted by Crippen LogP contribution is 2.59. The van der Waals surface area contributed by atoms with Crippen LogP contribution in [0.2, 0.25) is 0 Å². The summed E-state index contributed by atoms with van der Waals surface area (Å²) < 4.78 is 0. The Balaban J connectivity index is 2.61. The molecule has 1 saturated carbocycles. The second-order valence-electron chi connectivity index (χ2n) is 17.8. The zero-order chi connectivity index (χ0) is 30.1. The fraction of sp³-hybridized carbons (Fsp3) is 0.676. The number of hydrogen-bond acceptors (Lipinski definition) is 2. The van der Waals surface area contributed by atoms with Crippen molar-refractivity contribution in [3.8, 4) is 11.5 Å². The van der Waals surface area contributed by atoms with Gasteiger partial charge in [-0.15, -0.1) is 0 Å². The van der Waals surface area contributed by atoms with E-state index in [9.17, 15) is 10.2 Å². The van der Waals surface area contributed by atoms with Gasteiger partial charge in [0.2, 0.25) is 0 Å². The van der Waals surface area contributed by atoms with E-state index in [1.54, 1.807) is 0 Å². The van der Waals surface area contributed by atoms with Crippen molar-refractivity contribution in [2.45, 2.75) is 150 Å². The van der Waals surface area contributed by atoms with Crippen LogP contribution in [-0.4, -0.2) is 10.2 Å². The average molecular weight is 535 g/mol. The van der Waals surface area contributed by atoms with E-state index in [-0.39, 0.29) is 27.1 Å². The molecule has 218 valence electrons. The highest BCUT2D eigenvalue weighted by molar-refractivity contribution is 5.61. The first kappa shape index (κ1) is 31.6. The van der Waals surface area contributed by atoms with Crippen molar-refractivity contribution in [1.29, 1.82) is 0 Å². The summed E-state index contributed by atoms with van der Waals surface area (Å²) in [6.07, 6.45) is 2.90. The molecule has 0 radical (unpaired) electrons. The van der Waals surface area contributed by atoms with Gasteiger partial charge in [0.25, 0.3) is 0 Å². The minimum Gasteiger partial charge on any atom is -0.507 e. The lowest BCUT2D eigenvalue weighted by atomic mass is 9.54. The molecular formula is C37H58O2. The molecule has 3 rings (SSSR count). The van der Waals surface area contributed by atoms with Gasteiger partial charge < -0.3 is 10.2 Å². The molecule has 1 atom stereocenters. The highest BCUT2D eigenvalue weighted by Gasteiger charge is 2.49. The quantitative estimate of drug-likeness (QED) is 0.402. The number of phenolic OH excluding ortho intramolecular Hbond substituents is 2. The van der Waals surface area contributed by atoms with Gasteiger partial charge in [-0.2, -0.15) is 0 Å². The van der Waals surface area contributed by atoms with E-state index >= 15 is 0 Å². The van der Waals surface area contributed by atoms with Crippen molar-refractivity contribution < 1.29 is 10.2 Å². The number of rotatable bonds is 2. The maximum atomic E-state index is 12.2. The fourth-order valence-corrected chi connectivity index (χ4v) is 7.14. The molecule has 0 bridgehead atoms. The first-order chi connectivity index (χ1) is 17.3. The standard InChI is InChI=1S/C37H58O2/c1-23-20-36(14,15)22-37(21-23,28-18-24(32(2,3)4)16-26(30(28)38)34(8,9)10)29-19-25(33(5,6)7)17-27(31(29)39)35(11,12)13/h16-19,23,38-39H,20-22H2,1-15H3. The molecule has 2 heteroatoms. The van der Waals surface area contributed by atoms with Crippen molar-refractivity contribution in [3.05, 3.63) is 57.6 Å². The summed E-state index contributed by atoms with van der Waals surface area (Å²) in [5, 5.41) is 24.4. The number of aromatic hydroxyl groups is 2. The molecule has 0 aromatic heterocycles. The molecule has 0 spiro atoms. The maximum absolute atomic E-state index is 12.2. The van der Waals surface area contributed by atoms with Crippen LogP contribution in [0.4, 0.5) is 0 Å². The first-order valence-corrected chi connectivity index (χ1v) is 15.1. The molecular weight excluding hydrogens is 476 g/mol. The van der Waals surface area contributed by atoms with E-state index in [0.29, 0.717) is 17.4 Å². The van der Waals surface area contributed by atoms with Gasteiger partial charge >= 0.3 is 0 Å². The van der Waals surface area contributed by atoms with E-state index < -0.39 is 5.41 Å². The van der Waals surface area contributed by atoms with Crippen LogP contribution >= 0.6 is 0 Å². The molecule has 2 aromatic rings. The van der Waals surface area contributed by atoms with Gasteiger partial charge in [0.05, 0.1) is 0 Å². The van der Waals surface area contributed by atoms with Crippen LogP contribution < -0.4 is 0 Å². The third-order valence-corrected chi connectivity index (χ3v) is 8.98. The largest absolute Gasteiger partial charge is 0.507 e. The number of benzene rings is 2. The van der Waals surface area contributed by atoms with Crippen LogP contribution in [0.3, 0.4) is 0 Å². The van der Waals surface area contributed by atoms with Gasteiger partial charge in [-0.1, -0.05) is 128 Å². The smallest absolute Gasteiger partial charge is 0.123 e. The summed E-state index contributed by atoms with van der Waals surface area (Å²) in [5.41, 5.74) is 5.36. The van der Waals surface area contributed by atoms with Crippen molar-refractivity contribution in [2.75, 3.05) is 0 Å². The monoisotopic (exact) mass is 534 g/mol. The van der Waals surface area contributed by atoms with Gasteiger partial charge in [0, 0.05) is 16.5 Å². The van der Waals surface area contributed by atoms with Gasteiger partial charge in [0.1, 0.15) is 11.5 Å². The van der Waals surface area contributed by atoms with Gasteiger partial charge in [-0.3, -0.25) is 0 Å². The number of hydrogen-bond donors (Lipinski definition) is 2. The highest BCUT2D eigenvalue weighted by atomic mass is 16.3. The van der Waals surface area contributed by atoms with Crippen molar-refractivity contribution in [2.24, 2.45) is 11.3 Å². The molecule has 0 heterocycles. The summed E-state index contributed by atoms with van der Waals surface area (Å²) in [6, 6.07) is 8.99. The van der Waals surface area contributed by atoms with Crippen molar-refractivity contribution >= 4 is 0 Å². The minimum absolute atomic E-state index is 0.0514. The van der Waals surface area contributed by atoms with Gasteiger partial charge in [0.15, 0.2) is 0 Å². The van der Waals surface area contributed by atoms with Crippen molar-refractivity contribution in [3.63, 3.8) is 0 Å². The van der Waals surface area contributed by atoms with Crippen LogP contribution in [0.25, 0.3) is 0 Å². The van der Waals surface area contributed by atoms with E-state index in [1.165, 1.54) is 11.1 Å². The average Bonchev–Trinajstić information content (AvgIpc) is 2.68. The summed E-state index contributed by atoms with van der Waals surface area (Å²) >= 11 is 0. The van der Waals surface area contributed by atoms with Gasteiger partial charge in [-0.25, -0.2) is 0 Å². The molecule has 2 aromatic carbocycles. The minimum atomic E-state index is -0.516. The molecule has 2 N–H and O–H groups in total. The zero-order valence-electron chi connectivity index (χ0n) is 27.9. The summed E-state index contributed by atoms with van der Waals surface area (Å²) in [5.74, 6) is 1.25. The second-order valence-corrected chi connectivity index (χ2v) is 17.8. The summed E-state index contributed by atoms with van der Waals surface area (Å²) in [7, 11) is 0. The SMILES string of the molecule is CC1CC(C)(C)CC(c2cc(C(C)(C)C)cc(C(C)(C)C)c2O)(c2cc(C(C)(C)C)cc(C(C)(C)C)c2O)C1. The van der Waals surface area contributed by atoms with Crippen LogP contribution in [0.1, 0.15) is 156 Å². The molecule has 0 saturated heterocycles. The number of phenols is 2. The lowest BCUT2D eigenvalue weighted by Gasteiger charge is -2.50. The second kappa shape index (κ2) is 9.56. The lowest BCUT2D eigenvalue weighted by molar-refractivity contribution is 0.123. The van der Waals surface area contributed by atoms with E-state index in [2.05, 4.69) is 128 Å². The van der Waals surface area contributed by atoms with Crippen LogP contribution in [-0.2, 0) is 27.1 Å². The summed E-state index contributed by atoms with van der Waals surface area (Å²) in [4.78, 5) is 0. The molecule has 39 heavy (non-hydrogen) atoms. The Kier molecular flexibility index (Phi) is 7.74. The maximum Gasteiger partial charge on any atom is 0.123 e. The molecule has 1 aliphatic rings. The predicted octanol–water partition coefficient (Wildman–Crippen LogP) is 10.4. The molecule has 0 amide bonds. The Bertz CT molecular complexity index is 1140. The third-order valence-electron chi connectivity index (χ3n) is 8.98. The van der Waals surface area contributed by atoms with Crippen LogP contribution in [0.15, 0.2) is 24.3 Å². The molecule has 2 nitrogen and oxygen atoms in total. The Morgan fingerprint density at radius 3 is 1.23 bits per heavy atom. The lowest BCUT2D eigenvalue weighted by Crippen LogP contribution is -2.42. The molecule has 0 aliphatic heterocycles. The molecule has 1 unspecified atom stereocenters. The predicted molar refractivity (Wildman–Crippen MR) is 169 cm³/mol. The topological polar surface area (TPSA) is 40.5 Å². The fourth-order valence-electron chi connectivity index (χ4n) is 7.14. The third kappa shape index (κ3) is 6.20. The zero-order valence-corrected chi connectivity index (χ0v) is 27.9. The Hall–Kier alpha value is -1.96. The van der Waals surface area contributed by atoms with E-state index in [1.807, 2.05) is 0 Å². The Morgan fingerprint density at radius 1 is 0.590 bits per heavy atom. The van der Waals surface area contributed by atoms with E-state index in [0.717, 1.165) is 41.5 Å². The van der Waals surface area contributed by atoms with Crippen molar-refractivity contribution in [1.82, 2.24) is 0 Å². The summed E-state index contributed by atoms with van der Waals surface area (Å²) in [6.45, 7) is 33.7. The Labute approximate surface area is 240 Å². The van der Waals surface area contributed by atoms with Crippen LogP contribution in [0, 0.1) is 11.3 Å². The molecule has 1 aliphatic carbocycles. The first-order valence-electron chi connectivity index (χ1n) is 15.1. The normalized spacial score (nSPS) is 20.2. The molecule has 1 fully saturated rings.